The molecule has 2 aromatic rings. The van der Waals surface area contributed by atoms with Crippen LogP contribution in [-0.4, -0.2) is 23.7 Å². The van der Waals surface area contributed by atoms with Gasteiger partial charge >= 0.3 is 0 Å². The summed E-state index contributed by atoms with van der Waals surface area (Å²) in [5.74, 6) is 0.619. The molecule has 0 N–H and O–H groups in total. The van der Waals surface area contributed by atoms with E-state index < -0.39 is 0 Å². The Morgan fingerprint density at radius 2 is 1.28 bits per heavy atom. The first kappa shape index (κ1) is 19.7. The van der Waals surface area contributed by atoms with Gasteiger partial charge in [-0.15, -0.1) is 0 Å². The van der Waals surface area contributed by atoms with Crippen LogP contribution >= 0.6 is 0 Å². The van der Waals surface area contributed by atoms with Crippen molar-refractivity contribution in [2.75, 3.05) is 7.11 Å². The molecule has 0 aliphatic carbocycles. The van der Waals surface area contributed by atoms with Gasteiger partial charge in [0.2, 0.25) is 0 Å². The zero-order valence-corrected chi connectivity index (χ0v) is 16.4. The Morgan fingerprint density at radius 3 is 1.64 bits per heavy atom. The van der Waals surface area contributed by atoms with E-state index in [1.165, 1.54) is 11.1 Å². The fraction of sp³-hybridized carbons (Fsp3) is 0.478. The summed E-state index contributed by atoms with van der Waals surface area (Å²) in [7, 11) is 1.83. The summed E-state index contributed by atoms with van der Waals surface area (Å²) in [5, 5.41) is 0. The van der Waals surface area contributed by atoms with Crippen molar-refractivity contribution < 1.29 is 4.74 Å². The Balaban J connectivity index is 2.32. The highest BCUT2D eigenvalue weighted by Gasteiger charge is 2.34. The maximum absolute atomic E-state index is 5.92. The lowest BCUT2D eigenvalue weighted by atomic mass is 9.88. The van der Waals surface area contributed by atoms with E-state index in [9.17, 15) is 0 Å². The highest BCUT2D eigenvalue weighted by Crippen LogP contribution is 2.28. The van der Waals surface area contributed by atoms with E-state index in [1.807, 2.05) is 7.11 Å². The molecule has 0 aliphatic heterocycles. The largest absolute Gasteiger partial charge is 0.377 e. The summed E-state index contributed by atoms with van der Waals surface area (Å²) in [6.07, 6.45) is 1.11. The molecule has 0 heterocycles. The van der Waals surface area contributed by atoms with Crippen LogP contribution < -0.4 is 0 Å². The van der Waals surface area contributed by atoms with Gasteiger partial charge in [0.05, 0.1) is 5.60 Å². The van der Waals surface area contributed by atoms with Crippen molar-refractivity contribution in [2.45, 2.75) is 58.8 Å². The normalized spacial score (nSPS) is 13.4. The van der Waals surface area contributed by atoms with E-state index in [0.717, 1.165) is 19.5 Å². The number of hydrogen-bond acceptors (Lipinski definition) is 2. The predicted molar refractivity (Wildman–Crippen MR) is 106 cm³/mol. The van der Waals surface area contributed by atoms with E-state index in [2.05, 4.69) is 93.3 Å². The van der Waals surface area contributed by atoms with E-state index >= 15 is 0 Å². The van der Waals surface area contributed by atoms with Crippen LogP contribution in [0.5, 0.6) is 0 Å². The Kier molecular flexibility index (Phi) is 7.22. The van der Waals surface area contributed by atoms with Crippen LogP contribution in [0.4, 0.5) is 0 Å². The fourth-order valence-electron chi connectivity index (χ4n) is 3.37. The van der Waals surface area contributed by atoms with Crippen LogP contribution in [0.25, 0.3) is 0 Å². The molecule has 136 valence electrons. The predicted octanol–water partition coefficient (Wildman–Crippen LogP) is 5.53. The third-order valence-corrected chi connectivity index (χ3v) is 4.92. The lowest BCUT2D eigenvalue weighted by Gasteiger charge is -2.42. The maximum atomic E-state index is 5.92. The molecule has 0 radical (unpaired) electrons. The molecule has 0 aliphatic rings. The molecular weight excluding hydrogens is 306 g/mol. The average Bonchev–Trinajstić information content (AvgIpc) is 2.61. The number of methoxy groups -OCH3 is 1. The molecule has 2 aromatic carbocycles. The SMILES string of the molecule is COC(C)(C)[C@H](CC(C)C)N(Cc1ccccc1)Cc1ccccc1. The summed E-state index contributed by atoms with van der Waals surface area (Å²) in [6, 6.07) is 21.8. The Bertz CT molecular complexity index is 565. The van der Waals surface area contributed by atoms with Gasteiger partial charge in [-0.3, -0.25) is 4.90 Å². The first-order valence-corrected chi connectivity index (χ1v) is 9.29. The molecule has 0 bridgehead atoms. The standard InChI is InChI=1S/C23H33NO/c1-19(2)16-22(23(3,4)25-5)24(17-20-12-8-6-9-13-20)18-21-14-10-7-11-15-21/h6-15,19,22H,16-18H2,1-5H3/t22-/m0/s1. The average molecular weight is 340 g/mol. The summed E-state index contributed by atoms with van der Waals surface area (Å²) in [4.78, 5) is 2.58. The Morgan fingerprint density at radius 1 is 0.840 bits per heavy atom. The zero-order valence-electron chi connectivity index (χ0n) is 16.4. The van der Waals surface area contributed by atoms with Crippen LogP contribution in [0.15, 0.2) is 60.7 Å². The highest BCUT2D eigenvalue weighted by atomic mass is 16.5. The van der Waals surface area contributed by atoms with Crippen molar-refractivity contribution in [1.82, 2.24) is 4.90 Å². The van der Waals surface area contributed by atoms with Crippen LogP contribution in [0, 0.1) is 5.92 Å². The quantitative estimate of drug-likeness (QED) is 0.596. The molecule has 2 nitrogen and oxygen atoms in total. The van der Waals surface area contributed by atoms with Gasteiger partial charge in [0.1, 0.15) is 0 Å². The van der Waals surface area contributed by atoms with E-state index in [0.29, 0.717) is 12.0 Å². The second-order valence-corrected chi connectivity index (χ2v) is 7.83. The van der Waals surface area contributed by atoms with Gasteiger partial charge in [-0.25, -0.2) is 0 Å². The van der Waals surface area contributed by atoms with Crippen LogP contribution in [0.3, 0.4) is 0 Å². The summed E-state index contributed by atoms with van der Waals surface area (Å²) >= 11 is 0. The lowest BCUT2D eigenvalue weighted by Crippen LogP contribution is -2.50. The van der Waals surface area contributed by atoms with Gasteiger partial charge in [0, 0.05) is 26.2 Å². The van der Waals surface area contributed by atoms with E-state index in [-0.39, 0.29) is 5.60 Å². The summed E-state index contributed by atoms with van der Waals surface area (Å²) < 4.78 is 5.92. The third-order valence-electron chi connectivity index (χ3n) is 4.92. The van der Waals surface area contributed by atoms with Crippen molar-refractivity contribution in [1.29, 1.82) is 0 Å². The molecule has 2 heteroatoms. The minimum Gasteiger partial charge on any atom is -0.377 e. The van der Waals surface area contributed by atoms with Crippen LogP contribution in [0.2, 0.25) is 0 Å². The van der Waals surface area contributed by atoms with Crippen molar-refractivity contribution in [3.8, 4) is 0 Å². The number of ether oxygens (including phenoxy) is 1. The second kappa shape index (κ2) is 9.17. The zero-order chi connectivity index (χ0) is 18.3. The fourth-order valence-corrected chi connectivity index (χ4v) is 3.37. The van der Waals surface area contributed by atoms with E-state index in [4.69, 9.17) is 4.74 Å². The molecule has 0 spiro atoms. The van der Waals surface area contributed by atoms with Crippen LogP contribution in [0.1, 0.15) is 45.2 Å². The molecule has 0 amide bonds. The minimum absolute atomic E-state index is 0.201. The molecule has 0 saturated carbocycles. The number of hydrogen-bond donors (Lipinski definition) is 0. The topological polar surface area (TPSA) is 12.5 Å². The van der Waals surface area contributed by atoms with Gasteiger partial charge < -0.3 is 4.74 Å². The summed E-state index contributed by atoms with van der Waals surface area (Å²) in [5.41, 5.74) is 2.49. The molecule has 2 rings (SSSR count). The summed E-state index contributed by atoms with van der Waals surface area (Å²) in [6.45, 7) is 10.9. The van der Waals surface area contributed by atoms with Crippen molar-refractivity contribution >= 4 is 0 Å². The molecule has 1 atom stereocenters. The van der Waals surface area contributed by atoms with Gasteiger partial charge in [-0.2, -0.15) is 0 Å². The van der Waals surface area contributed by atoms with Gasteiger partial charge in [-0.1, -0.05) is 74.5 Å². The smallest absolute Gasteiger partial charge is 0.0777 e. The van der Waals surface area contributed by atoms with Gasteiger partial charge in [-0.05, 0) is 37.3 Å². The minimum atomic E-state index is -0.201. The lowest BCUT2D eigenvalue weighted by molar-refractivity contribution is -0.0655. The molecule has 25 heavy (non-hydrogen) atoms. The van der Waals surface area contributed by atoms with Crippen molar-refractivity contribution in [3.05, 3.63) is 71.8 Å². The second-order valence-electron chi connectivity index (χ2n) is 7.83. The first-order valence-electron chi connectivity index (χ1n) is 9.29. The number of benzene rings is 2. The Labute approximate surface area is 153 Å². The highest BCUT2D eigenvalue weighted by molar-refractivity contribution is 5.17. The monoisotopic (exact) mass is 339 g/mol. The first-order chi connectivity index (χ1) is 11.9. The molecule has 0 unspecified atom stereocenters. The number of rotatable bonds is 9. The van der Waals surface area contributed by atoms with Gasteiger partial charge in [0.25, 0.3) is 0 Å². The maximum Gasteiger partial charge on any atom is 0.0777 e. The Hall–Kier alpha value is -1.64. The molecule has 0 aromatic heterocycles. The van der Waals surface area contributed by atoms with Crippen LogP contribution in [-0.2, 0) is 17.8 Å². The van der Waals surface area contributed by atoms with Gasteiger partial charge in [0.15, 0.2) is 0 Å². The van der Waals surface area contributed by atoms with Crippen molar-refractivity contribution in [3.63, 3.8) is 0 Å². The molecule has 0 saturated heterocycles. The number of nitrogens with zero attached hydrogens (tertiary/aromatic N) is 1. The molecule has 0 fully saturated rings. The molecular formula is C23H33NO. The van der Waals surface area contributed by atoms with E-state index in [1.54, 1.807) is 0 Å². The van der Waals surface area contributed by atoms with Crippen molar-refractivity contribution in [2.24, 2.45) is 5.92 Å². The third kappa shape index (κ3) is 5.98.